The van der Waals surface area contributed by atoms with Crippen molar-refractivity contribution in [3.8, 4) is 0 Å². The van der Waals surface area contributed by atoms with Crippen molar-refractivity contribution in [2.45, 2.75) is 31.8 Å². The average molecular weight is 273 g/mol. The Bertz CT molecular complexity index is 430. The number of anilines is 1. The molecule has 1 saturated heterocycles. The summed E-state index contributed by atoms with van der Waals surface area (Å²) in [4.78, 5) is 5.10. The molecule has 3 nitrogen and oxygen atoms in total. The number of nitrogens with one attached hydrogen (secondary N) is 1. The Balaban J connectivity index is 1.66. The van der Waals surface area contributed by atoms with Crippen LogP contribution in [0.3, 0.4) is 0 Å². The van der Waals surface area contributed by atoms with Gasteiger partial charge in [0, 0.05) is 37.4 Å². The van der Waals surface area contributed by atoms with Crippen LogP contribution in [0.25, 0.3) is 0 Å². The van der Waals surface area contributed by atoms with Crippen LogP contribution < -0.4 is 5.32 Å². The van der Waals surface area contributed by atoms with Gasteiger partial charge in [-0.05, 0) is 44.5 Å². The lowest BCUT2D eigenvalue weighted by Gasteiger charge is -2.27. The lowest BCUT2D eigenvalue weighted by atomic mass is 10.1. The molecule has 3 heteroatoms. The number of para-hydroxylation sites is 1. The van der Waals surface area contributed by atoms with Crippen LogP contribution in [0.1, 0.15) is 18.9 Å². The van der Waals surface area contributed by atoms with Crippen LogP contribution in [-0.4, -0.2) is 55.6 Å². The van der Waals surface area contributed by atoms with Gasteiger partial charge in [0.15, 0.2) is 0 Å². The first-order valence-corrected chi connectivity index (χ1v) is 7.87. The van der Waals surface area contributed by atoms with Crippen molar-refractivity contribution in [3.05, 3.63) is 29.8 Å². The third-order valence-electron chi connectivity index (χ3n) is 5.07. The van der Waals surface area contributed by atoms with E-state index in [1.165, 1.54) is 37.2 Å². The van der Waals surface area contributed by atoms with Crippen LogP contribution in [-0.2, 0) is 6.42 Å². The number of fused-ring (bicyclic) bond motifs is 1. The smallest absolute Gasteiger partial charge is 0.0373 e. The molecule has 3 unspecified atom stereocenters. The van der Waals surface area contributed by atoms with Gasteiger partial charge >= 0.3 is 0 Å². The van der Waals surface area contributed by atoms with Crippen LogP contribution in [0.15, 0.2) is 24.3 Å². The Morgan fingerprint density at radius 3 is 2.75 bits per heavy atom. The van der Waals surface area contributed by atoms with Gasteiger partial charge < -0.3 is 10.2 Å². The first-order chi connectivity index (χ1) is 9.65. The van der Waals surface area contributed by atoms with Crippen molar-refractivity contribution in [1.82, 2.24) is 9.80 Å². The van der Waals surface area contributed by atoms with Gasteiger partial charge in [-0.1, -0.05) is 25.1 Å². The Morgan fingerprint density at radius 1 is 1.20 bits per heavy atom. The maximum Gasteiger partial charge on any atom is 0.0373 e. The van der Waals surface area contributed by atoms with Crippen LogP contribution >= 0.6 is 0 Å². The van der Waals surface area contributed by atoms with Crippen LogP contribution in [0.2, 0.25) is 0 Å². The van der Waals surface area contributed by atoms with E-state index in [1.54, 1.807) is 0 Å². The minimum atomic E-state index is 0.676. The van der Waals surface area contributed by atoms with Gasteiger partial charge in [-0.3, -0.25) is 4.90 Å². The van der Waals surface area contributed by atoms with Gasteiger partial charge in [0.2, 0.25) is 0 Å². The van der Waals surface area contributed by atoms with Gasteiger partial charge in [-0.15, -0.1) is 0 Å². The van der Waals surface area contributed by atoms with Crippen molar-refractivity contribution in [2.24, 2.45) is 5.92 Å². The fourth-order valence-corrected chi connectivity index (χ4v) is 3.83. The molecule has 0 aromatic heterocycles. The Labute approximate surface area is 123 Å². The van der Waals surface area contributed by atoms with E-state index >= 15 is 0 Å². The van der Waals surface area contributed by atoms with Crippen LogP contribution in [0, 0.1) is 5.92 Å². The second-order valence-corrected chi connectivity index (χ2v) is 6.69. The highest BCUT2D eigenvalue weighted by atomic mass is 15.3. The van der Waals surface area contributed by atoms with E-state index in [0.717, 1.165) is 12.5 Å². The van der Waals surface area contributed by atoms with Crippen molar-refractivity contribution >= 4 is 5.69 Å². The summed E-state index contributed by atoms with van der Waals surface area (Å²) < 4.78 is 0. The number of likely N-dealkylation sites (tertiary alicyclic amines) is 1. The molecule has 3 rings (SSSR count). The van der Waals surface area contributed by atoms with Crippen LogP contribution in [0.5, 0.6) is 0 Å². The normalized spacial score (nSPS) is 30.9. The number of hydrogen-bond acceptors (Lipinski definition) is 3. The molecule has 2 aliphatic heterocycles. The fraction of sp³-hybridized carbons (Fsp3) is 0.647. The predicted molar refractivity (Wildman–Crippen MR) is 85.3 cm³/mol. The van der Waals surface area contributed by atoms with Crippen molar-refractivity contribution < 1.29 is 0 Å². The van der Waals surface area contributed by atoms with Gasteiger partial charge in [-0.25, -0.2) is 0 Å². The highest BCUT2D eigenvalue weighted by Crippen LogP contribution is 2.27. The SMILES string of the molecule is CC1CN(C2CCc3ccccc3NC2)CC1N(C)C. The molecule has 0 radical (unpaired) electrons. The summed E-state index contributed by atoms with van der Waals surface area (Å²) >= 11 is 0. The monoisotopic (exact) mass is 273 g/mol. The summed E-state index contributed by atoms with van der Waals surface area (Å²) in [6, 6.07) is 10.1. The highest BCUT2D eigenvalue weighted by molar-refractivity contribution is 5.52. The summed E-state index contributed by atoms with van der Waals surface area (Å²) in [5, 5.41) is 3.66. The van der Waals surface area contributed by atoms with Crippen molar-refractivity contribution in [2.75, 3.05) is 39.0 Å². The summed E-state index contributed by atoms with van der Waals surface area (Å²) in [6.45, 7) is 5.94. The van der Waals surface area contributed by atoms with Gasteiger partial charge in [0.1, 0.15) is 0 Å². The fourth-order valence-electron chi connectivity index (χ4n) is 3.83. The van der Waals surface area contributed by atoms with E-state index in [2.05, 4.69) is 60.4 Å². The molecule has 0 amide bonds. The van der Waals surface area contributed by atoms with E-state index in [1.807, 2.05) is 0 Å². The lowest BCUT2D eigenvalue weighted by molar-refractivity contribution is 0.214. The zero-order valence-corrected chi connectivity index (χ0v) is 13.0. The van der Waals surface area contributed by atoms with E-state index < -0.39 is 0 Å². The van der Waals surface area contributed by atoms with Gasteiger partial charge in [0.25, 0.3) is 0 Å². The maximum atomic E-state index is 3.66. The Hall–Kier alpha value is -1.06. The van der Waals surface area contributed by atoms with Gasteiger partial charge in [-0.2, -0.15) is 0 Å². The third kappa shape index (κ3) is 2.70. The molecule has 0 saturated carbocycles. The number of likely N-dealkylation sites (N-methyl/N-ethyl adjacent to an activating group) is 1. The first-order valence-electron chi connectivity index (χ1n) is 7.87. The average Bonchev–Trinajstić information content (AvgIpc) is 2.70. The van der Waals surface area contributed by atoms with Crippen molar-refractivity contribution in [3.63, 3.8) is 0 Å². The zero-order chi connectivity index (χ0) is 14.1. The lowest BCUT2D eigenvalue weighted by Crippen LogP contribution is -2.40. The molecule has 2 heterocycles. The van der Waals surface area contributed by atoms with E-state index in [0.29, 0.717) is 12.1 Å². The maximum absolute atomic E-state index is 3.66. The molecule has 1 aromatic carbocycles. The number of hydrogen-bond donors (Lipinski definition) is 1. The van der Waals surface area contributed by atoms with E-state index in [4.69, 9.17) is 0 Å². The van der Waals surface area contributed by atoms with Crippen LogP contribution in [0.4, 0.5) is 5.69 Å². The highest BCUT2D eigenvalue weighted by Gasteiger charge is 2.34. The molecule has 1 aromatic rings. The Kier molecular flexibility index (Phi) is 3.99. The molecule has 1 fully saturated rings. The second kappa shape index (κ2) is 5.74. The summed E-state index contributed by atoms with van der Waals surface area (Å²) in [6.07, 6.45) is 2.47. The number of nitrogens with zero attached hydrogens (tertiary/aromatic N) is 2. The molecule has 1 N–H and O–H groups in total. The molecule has 20 heavy (non-hydrogen) atoms. The molecule has 2 aliphatic rings. The summed E-state index contributed by atoms with van der Waals surface area (Å²) in [5.74, 6) is 0.774. The van der Waals surface area contributed by atoms with Crippen molar-refractivity contribution in [1.29, 1.82) is 0 Å². The predicted octanol–water partition coefficient (Wildman–Crippen LogP) is 2.30. The zero-order valence-electron chi connectivity index (χ0n) is 13.0. The molecular formula is C17H27N3. The molecule has 3 atom stereocenters. The number of rotatable bonds is 2. The minimum Gasteiger partial charge on any atom is -0.383 e. The molecule has 0 aliphatic carbocycles. The minimum absolute atomic E-state index is 0.676. The van der Waals surface area contributed by atoms with Gasteiger partial charge in [0.05, 0.1) is 0 Å². The topological polar surface area (TPSA) is 18.5 Å². The molecular weight excluding hydrogens is 246 g/mol. The van der Waals surface area contributed by atoms with E-state index in [-0.39, 0.29) is 0 Å². The second-order valence-electron chi connectivity index (χ2n) is 6.69. The quantitative estimate of drug-likeness (QED) is 0.892. The number of benzene rings is 1. The summed E-state index contributed by atoms with van der Waals surface area (Å²) in [7, 11) is 4.43. The first kappa shape index (κ1) is 13.9. The third-order valence-corrected chi connectivity index (χ3v) is 5.07. The standard InChI is InChI=1S/C17H27N3/c1-13-11-20(12-17(13)19(2)3)15-9-8-14-6-4-5-7-16(14)18-10-15/h4-7,13,15,17-18H,8-12H2,1-3H3. The summed E-state index contributed by atoms with van der Waals surface area (Å²) in [5.41, 5.74) is 2.82. The van der Waals surface area contributed by atoms with E-state index in [9.17, 15) is 0 Å². The molecule has 110 valence electrons. The number of aryl methyl sites for hydroxylation is 1. The molecule has 0 bridgehead atoms. The Morgan fingerprint density at radius 2 is 2.00 bits per heavy atom. The molecule has 0 spiro atoms. The largest absolute Gasteiger partial charge is 0.383 e.